The second-order valence-corrected chi connectivity index (χ2v) is 7.94. The summed E-state index contributed by atoms with van der Waals surface area (Å²) in [5.41, 5.74) is 1.55. The van der Waals surface area contributed by atoms with E-state index in [1.54, 1.807) is 19.1 Å². The molecule has 2 aromatic rings. The van der Waals surface area contributed by atoms with E-state index in [-0.39, 0.29) is 10.8 Å². The predicted octanol–water partition coefficient (Wildman–Crippen LogP) is 2.58. The number of amides is 1. The van der Waals surface area contributed by atoms with Crippen LogP contribution in [0, 0.1) is 6.92 Å². The first-order valence-corrected chi connectivity index (χ1v) is 9.74. The van der Waals surface area contributed by atoms with Gasteiger partial charge in [0.1, 0.15) is 11.3 Å². The second-order valence-electron chi connectivity index (χ2n) is 6.00. The van der Waals surface area contributed by atoms with Crippen molar-refractivity contribution in [3.8, 4) is 0 Å². The van der Waals surface area contributed by atoms with Gasteiger partial charge in [-0.1, -0.05) is 12.1 Å². The van der Waals surface area contributed by atoms with E-state index in [1.165, 1.54) is 16.4 Å². The molecule has 1 saturated heterocycles. The largest absolute Gasteiger partial charge is 0.361 e. The first kappa shape index (κ1) is 17.6. The standard InChI is InChI=1S/C17H21N3O4S/c1-3-15-16(12(2)24-19-15)17(21)18-13-6-8-14(9-7-13)25(22,23)20-10-4-5-11-20/h6-9H,3-5,10-11H2,1-2H3,(H,18,21). The van der Waals surface area contributed by atoms with Crippen molar-refractivity contribution in [1.82, 2.24) is 9.46 Å². The third kappa shape index (κ3) is 3.45. The van der Waals surface area contributed by atoms with E-state index in [1.807, 2.05) is 6.92 Å². The zero-order valence-corrected chi connectivity index (χ0v) is 15.1. The van der Waals surface area contributed by atoms with Crippen molar-refractivity contribution in [2.45, 2.75) is 38.0 Å². The number of anilines is 1. The van der Waals surface area contributed by atoms with Crippen molar-refractivity contribution in [3.63, 3.8) is 0 Å². The minimum atomic E-state index is -3.45. The molecular weight excluding hydrogens is 342 g/mol. The number of sulfonamides is 1. The number of nitrogens with one attached hydrogen (secondary N) is 1. The van der Waals surface area contributed by atoms with Gasteiger partial charge < -0.3 is 9.84 Å². The fourth-order valence-electron chi connectivity index (χ4n) is 2.93. The van der Waals surface area contributed by atoms with Crippen molar-refractivity contribution >= 4 is 21.6 Å². The quantitative estimate of drug-likeness (QED) is 0.881. The van der Waals surface area contributed by atoms with Crippen LogP contribution in [0.15, 0.2) is 33.7 Å². The Balaban J connectivity index is 1.77. The Kier molecular flexibility index (Phi) is 4.91. The summed E-state index contributed by atoms with van der Waals surface area (Å²) in [4.78, 5) is 12.7. The number of nitrogens with zero attached hydrogens (tertiary/aromatic N) is 2. The van der Waals surface area contributed by atoms with Gasteiger partial charge in [-0.3, -0.25) is 4.79 Å². The molecule has 3 rings (SSSR count). The average Bonchev–Trinajstić information content (AvgIpc) is 3.25. The van der Waals surface area contributed by atoms with E-state index >= 15 is 0 Å². The van der Waals surface area contributed by atoms with Gasteiger partial charge in [-0.05, 0) is 50.5 Å². The van der Waals surface area contributed by atoms with Crippen LogP contribution < -0.4 is 5.32 Å². The van der Waals surface area contributed by atoms with Gasteiger partial charge >= 0.3 is 0 Å². The lowest BCUT2D eigenvalue weighted by atomic mass is 10.1. The Morgan fingerprint density at radius 2 is 1.88 bits per heavy atom. The fourth-order valence-corrected chi connectivity index (χ4v) is 4.45. The highest BCUT2D eigenvalue weighted by Gasteiger charge is 2.27. The number of hydrogen-bond acceptors (Lipinski definition) is 5. The van der Waals surface area contributed by atoms with Crippen LogP contribution >= 0.6 is 0 Å². The molecule has 8 heteroatoms. The molecule has 1 N–H and O–H groups in total. The van der Waals surface area contributed by atoms with E-state index < -0.39 is 10.0 Å². The van der Waals surface area contributed by atoms with Crippen molar-refractivity contribution < 1.29 is 17.7 Å². The van der Waals surface area contributed by atoms with E-state index in [2.05, 4.69) is 10.5 Å². The predicted molar refractivity (Wildman–Crippen MR) is 93.0 cm³/mol. The summed E-state index contributed by atoms with van der Waals surface area (Å²) in [6, 6.07) is 6.22. The van der Waals surface area contributed by atoms with Gasteiger partial charge in [0.2, 0.25) is 10.0 Å². The van der Waals surface area contributed by atoms with Gasteiger partial charge in [0.15, 0.2) is 0 Å². The van der Waals surface area contributed by atoms with Crippen LogP contribution in [0.5, 0.6) is 0 Å². The molecule has 0 radical (unpaired) electrons. The van der Waals surface area contributed by atoms with Crippen molar-refractivity contribution in [1.29, 1.82) is 0 Å². The lowest BCUT2D eigenvalue weighted by Crippen LogP contribution is -2.27. The molecule has 25 heavy (non-hydrogen) atoms. The highest BCUT2D eigenvalue weighted by Crippen LogP contribution is 2.23. The van der Waals surface area contributed by atoms with E-state index in [4.69, 9.17) is 4.52 Å². The highest BCUT2D eigenvalue weighted by molar-refractivity contribution is 7.89. The molecule has 0 bridgehead atoms. The molecule has 1 aliphatic rings. The van der Waals surface area contributed by atoms with E-state index in [0.29, 0.717) is 42.2 Å². The third-order valence-electron chi connectivity index (χ3n) is 4.31. The Morgan fingerprint density at radius 3 is 2.48 bits per heavy atom. The van der Waals surface area contributed by atoms with Crippen molar-refractivity contribution in [2.75, 3.05) is 18.4 Å². The minimum Gasteiger partial charge on any atom is -0.361 e. The maximum Gasteiger partial charge on any atom is 0.261 e. The Labute approximate surface area is 147 Å². The summed E-state index contributed by atoms with van der Waals surface area (Å²) in [5.74, 6) is 0.147. The van der Waals surface area contributed by atoms with Gasteiger partial charge in [0, 0.05) is 18.8 Å². The van der Waals surface area contributed by atoms with Gasteiger partial charge in [-0.2, -0.15) is 4.31 Å². The number of benzene rings is 1. The van der Waals surface area contributed by atoms with Gasteiger partial charge in [-0.15, -0.1) is 0 Å². The molecule has 1 fully saturated rings. The zero-order valence-electron chi connectivity index (χ0n) is 14.3. The first-order chi connectivity index (χ1) is 11.9. The number of hydrogen-bond donors (Lipinski definition) is 1. The highest BCUT2D eigenvalue weighted by atomic mass is 32.2. The molecule has 1 aromatic heterocycles. The lowest BCUT2D eigenvalue weighted by molar-refractivity contribution is 0.102. The molecule has 0 spiro atoms. The molecule has 0 unspecified atom stereocenters. The Hall–Kier alpha value is -2.19. The number of aryl methyl sites for hydroxylation is 2. The SMILES string of the molecule is CCc1noc(C)c1C(=O)Nc1ccc(S(=O)(=O)N2CCCC2)cc1. The van der Waals surface area contributed by atoms with Crippen molar-refractivity contribution in [3.05, 3.63) is 41.3 Å². The second kappa shape index (κ2) is 6.97. The van der Waals surface area contributed by atoms with Crippen LogP contribution in [0.3, 0.4) is 0 Å². The fraction of sp³-hybridized carbons (Fsp3) is 0.412. The van der Waals surface area contributed by atoms with Crippen LogP contribution in [0.2, 0.25) is 0 Å². The maximum atomic E-state index is 12.5. The summed E-state index contributed by atoms with van der Waals surface area (Å²) < 4.78 is 31.6. The van der Waals surface area contributed by atoms with Crippen LogP contribution in [-0.4, -0.2) is 36.9 Å². The van der Waals surface area contributed by atoms with E-state index in [0.717, 1.165) is 12.8 Å². The number of aromatic nitrogens is 1. The molecule has 0 aliphatic carbocycles. The Morgan fingerprint density at radius 1 is 1.24 bits per heavy atom. The molecule has 0 saturated carbocycles. The topological polar surface area (TPSA) is 92.5 Å². The average molecular weight is 363 g/mol. The molecule has 134 valence electrons. The summed E-state index contributed by atoms with van der Waals surface area (Å²) in [6.45, 7) is 4.71. The van der Waals surface area contributed by atoms with Gasteiger partial charge in [-0.25, -0.2) is 8.42 Å². The molecule has 1 amide bonds. The molecule has 7 nitrogen and oxygen atoms in total. The summed E-state index contributed by atoms with van der Waals surface area (Å²) >= 11 is 0. The van der Waals surface area contributed by atoms with Crippen LogP contribution in [0.25, 0.3) is 0 Å². The molecule has 1 aliphatic heterocycles. The number of carbonyl (C=O) groups is 1. The molecule has 0 atom stereocenters. The normalized spacial score (nSPS) is 15.4. The lowest BCUT2D eigenvalue weighted by Gasteiger charge is -2.15. The minimum absolute atomic E-state index is 0.239. The van der Waals surface area contributed by atoms with Gasteiger partial charge in [0.25, 0.3) is 5.91 Å². The first-order valence-electron chi connectivity index (χ1n) is 8.30. The number of rotatable bonds is 5. The third-order valence-corrected chi connectivity index (χ3v) is 6.22. The summed E-state index contributed by atoms with van der Waals surface area (Å²) in [6.07, 6.45) is 2.38. The summed E-state index contributed by atoms with van der Waals surface area (Å²) in [5, 5.41) is 6.63. The van der Waals surface area contributed by atoms with Crippen LogP contribution in [0.1, 0.15) is 41.6 Å². The monoisotopic (exact) mass is 363 g/mol. The van der Waals surface area contributed by atoms with Crippen LogP contribution in [-0.2, 0) is 16.4 Å². The maximum absolute atomic E-state index is 12.5. The van der Waals surface area contributed by atoms with E-state index in [9.17, 15) is 13.2 Å². The molecule has 1 aromatic carbocycles. The molecular formula is C17H21N3O4S. The summed E-state index contributed by atoms with van der Waals surface area (Å²) in [7, 11) is -3.45. The smallest absolute Gasteiger partial charge is 0.261 e. The van der Waals surface area contributed by atoms with Gasteiger partial charge in [0.05, 0.1) is 10.6 Å². The zero-order chi connectivity index (χ0) is 18.0. The molecule has 2 heterocycles. The van der Waals surface area contributed by atoms with Crippen molar-refractivity contribution in [2.24, 2.45) is 0 Å². The number of carbonyl (C=O) groups excluding carboxylic acids is 1. The Bertz CT molecular complexity index is 866. The van der Waals surface area contributed by atoms with Crippen LogP contribution in [0.4, 0.5) is 5.69 Å².